The second kappa shape index (κ2) is 8.15. The molecule has 138 valence electrons. The van der Waals surface area contributed by atoms with Crippen LogP contribution in [0.4, 0.5) is 0 Å². The summed E-state index contributed by atoms with van der Waals surface area (Å²) in [6, 6.07) is 3.83. The molecule has 1 amide bonds. The number of carbonyl (C=O) groups excluding carboxylic acids is 1. The third-order valence-corrected chi connectivity index (χ3v) is 5.52. The number of amides is 1. The zero-order valence-corrected chi connectivity index (χ0v) is 15.0. The number of hydrogen-bond donors (Lipinski definition) is 2. The molecule has 6 nitrogen and oxygen atoms in total. The topological polar surface area (TPSA) is 74.6 Å². The van der Waals surface area contributed by atoms with Gasteiger partial charge < -0.3 is 15.0 Å². The summed E-state index contributed by atoms with van der Waals surface area (Å²) < 4.78 is 1.44. The molecule has 2 fully saturated rings. The van der Waals surface area contributed by atoms with Gasteiger partial charge in [0.2, 0.25) is 5.91 Å². The molecule has 2 atom stereocenters. The van der Waals surface area contributed by atoms with Crippen LogP contribution >= 0.6 is 0 Å². The average Bonchev–Trinajstić information content (AvgIpc) is 2.59. The molecule has 1 saturated carbocycles. The molecule has 0 bridgehead atoms. The molecule has 1 aliphatic carbocycles. The number of piperidine rings is 1. The van der Waals surface area contributed by atoms with Gasteiger partial charge in [-0.2, -0.15) is 0 Å². The van der Waals surface area contributed by atoms with Crippen molar-refractivity contribution in [2.45, 2.75) is 70.2 Å². The number of nitrogens with one attached hydrogen (secondary N) is 1. The summed E-state index contributed by atoms with van der Waals surface area (Å²) in [4.78, 5) is 26.5. The van der Waals surface area contributed by atoms with Gasteiger partial charge in [-0.1, -0.05) is 12.8 Å². The van der Waals surface area contributed by atoms with E-state index in [4.69, 9.17) is 0 Å². The summed E-state index contributed by atoms with van der Waals surface area (Å²) in [5, 5.41) is 13.3. The minimum atomic E-state index is -0.201. The number of aliphatic hydroxyl groups is 1. The van der Waals surface area contributed by atoms with Crippen molar-refractivity contribution in [2.24, 2.45) is 0 Å². The molecular formula is C19H29N3O3. The van der Waals surface area contributed by atoms with E-state index in [1.54, 1.807) is 12.3 Å². The molecule has 0 radical (unpaired) electrons. The fourth-order valence-electron chi connectivity index (χ4n) is 4.06. The molecule has 1 aromatic rings. The Labute approximate surface area is 148 Å². The fraction of sp³-hybridized carbons (Fsp3) is 0.684. The standard InChI is InChI=1S/C19H29N3O3/c1-14-6-9-22(19(25)12-14)13-18(24)20-15-7-10-21(11-8-15)16-4-2-3-5-17(16)23/h6,9,12,15-17,23H,2-5,7-8,10-11,13H2,1H3,(H,20,24)/t16-,17-/m0/s1. The van der Waals surface area contributed by atoms with Crippen LogP contribution in [0.3, 0.4) is 0 Å². The van der Waals surface area contributed by atoms with Gasteiger partial charge in [-0.05, 0) is 44.2 Å². The van der Waals surface area contributed by atoms with Crippen LogP contribution in [-0.4, -0.2) is 51.8 Å². The van der Waals surface area contributed by atoms with Crippen LogP contribution in [0.1, 0.15) is 44.1 Å². The molecule has 6 heteroatoms. The first kappa shape index (κ1) is 18.1. The number of aryl methyl sites for hydroxylation is 1. The second-order valence-electron chi connectivity index (χ2n) is 7.47. The Morgan fingerprint density at radius 1 is 1.24 bits per heavy atom. The van der Waals surface area contributed by atoms with E-state index in [0.29, 0.717) is 0 Å². The number of pyridine rings is 1. The van der Waals surface area contributed by atoms with Gasteiger partial charge in [-0.3, -0.25) is 14.5 Å². The van der Waals surface area contributed by atoms with Crippen molar-refractivity contribution in [2.75, 3.05) is 13.1 Å². The van der Waals surface area contributed by atoms with Gasteiger partial charge in [0.25, 0.3) is 5.56 Å². The van der Waals surface area contributed by atoms with Gasteiger partial charge in [-0.25, -0.2) is 0 Å². The van der Waals surface area contributed by atoms with E-state index in [1.807, 2.05) is 13.0 Å². The van der Waals surface area contributed by atoms with E-state index in [0.717, 1.165) is 50.8 Å². The van der Waals surface area contributed by atoms with Crippen LogP contribution in [0.5, 0.6) is 0 Å². The monoisotopic (exact) mass is 347 g/mol. The van der Waals surface area contributed by atoms with Crippen molar-refractivity contribution in [3.8, 4) is 0 Å². The Morgan fingerprint density at radius 2 is 1.96 bits per heavy atom. The van der Waals surface area contributed by atoms with E-state index < -0.39 is 0 Å². The van der Waals surface area contributed by atoms with Gasteiger partial charge in [0.15, 0.2) is 0 Å². The lowest BCUT2D eigenvalue weighted by Gasteiger charge is -2.41. The molecule has 3 rings (SSSR count). The molecule has 2 N–H and O–H groups in total. The molecule has 2 aliphatic rings. The lowest BCUT2D eigenvalue weighted by atomic mass is 9.89. The van der Waals surface area contributed by atoms with Crippen LogP contribution in [0.2, 0.25) is 0 Å². The van der Waals surface area contributed by atoms with Crippen molar-refractivity contribution in [1.29, 1.82) is 0 Å². The zero-order valence-electron chi connectivity index (χ0n) is 15.0. The Balaban J connectivity index is 1.47. The summed E-state index contributed by atoms with van der Waals surface area (Å²) >= 11 is 0. The first-order valence-electron chi connectivity index (χ1n) is 9.41. The van der Waals surface area contributed by atoms with Crippen LogP contribution in [0.25, 0.3) is 0 Å². The lowest BCUT2D eigenvalue weighted by Crippen LogP contribution is -2.52. The fourth-order valence-corrected chi connectivity index (χ4v) is 4.06. The van der Waals surface area contributed by atoms with Crippen molar-refractivity contribution >= 4 is 5.91 Å². The van der Waals surface area contributed by atoms with Crippen molar-refractivity contribution < 1.29 is 9.90 Å². The van der Waals surface area contributed by atoms with Crippen LogP contribution in [-0.2, 0) is 11.3 Å². The third kappa shape index (κ3) is 4.70. The maximum atomic E-state index is 12.2. The second-order valence-corrected chi connectivity index (χ2v) is 7.47. The number of nitrogens with zero attached hydrogens (tertiary/aromatic N) is 2. The third-order valence-electron chi connectivity index (χ3n) is 5.52. The molecule has 1 saturated heterocycles. The largest absolute Gasteiger partial charge is 0.391 e. The summed E-state index contributed by atoms with van der Waals surface area (Å²) in [7, 11) is 0. The first-order chi connectivity index (χ1) is 12.0. The highest BCUT2D eigenvalue weighted by Crippen LogP contribution is 2.25. The first-order valence-corrected chi connectivity index (χ1v) is 9.41. The van der Waals surface area contributed by atoms with E-state index in [-0.39, 0.29) is 36.2 Å². The van der Waals surface area contributed by atoms with Crippen molar-refractivity contribution in [1.82, 2.24) is 14.8 Å². The van der Waals surface area contributed by atoms with Gasteiger partial charge >= 0.3 is 0 Å². The molecule has 1 aliphatic heterocycles. The molecule has 0 spiro atoms. The molecule has 2 heterocycles. The maximum absolute atomic E-state index is 12.2. The highest BCUT2D eigenvalue weighted by molar-refractivity contribution is 5.76. The maximum Gasteiger partial charge on any atom is 0.251 e. The number of aromatic nitrogens is 1. The minimum Gasteiger partial charge on any atom is -0.391 e. The normalized spacial score (nSPS) is 25.7. The van der Waals surface area contributed by atoms with Crippen molar-refractivity contribution in [3.63, 3.8) is 0 Å². The lowest BCUT2D eigenvalue weighted by molar-refractivity contribution is -0.122. The molecule has 0 unspecified atom stereocenters. The summed E-state index contributed by atoms with van der Waals surface area (Å²) in [6.45, 7) is 3.76. The SMILES string of the molecule is Cc1ccn(CC(=O)NC2CCN([C@H]3CCCC[C@@H]3O)CC2)c(=O)c1. The van der Waals surface area contributed by atoms with E-state index in [2.05, 4.69) is 10.2 Å². The number of carbonyl (C=O) groups is 1. The van der Waals surface area contributed by atoms with Gasteiger partial charge in [0.05, 0.1) is 6.10 Å². The quantitative estimate of drug-likeness (QED) is 0.853. The number of aliphatic hydroxyl groups excluding tert-OH is 1. The molecule has 1 aromatic heterocycles. The van der Waals surface area contributed by atoms with Crippen molar-refractivity contribution in [3.05, 3.63) is 34.2 Å². The zero-order chi connectivity index (χ0) is 17.8. The van der Waals surface area contributed by atoms with E-state index in [9.17, 15) is 14.7 Å². The summed E-state index contributed by atoms with van der Waals surface area (Å²) in [5.74, 6) is -0.109. The predicted molar refractivity (Wildman–Crippen MR) is 96.4 cm³/mol. The van der Waals surface area contributed by atoms with E-state index >= 15 is 0 Å². The van der Waals surface area contributed by atoms with Crippen LogP contribution in [0, 0.1) is 6.92 Å². The highest BCUT2D eigenvalue weighted by atomic mass is 16.3. The Morgan fingerprint density at radius 3 is 2.64 bits per heavy atom. The van der Waals surface area contributed by atoms with Gasteiger partial charge in [-0.15, -0.1) is 0 Å². The smallest absolute Gasteiger partial charge is 0.251 e. The molecule has 0 aromatic carbocycles. The summed E-state index contributed by atoms with van der Waals surface area (Å²) in [6.07, 6.45) is 7.58. The predicted octanol–water partition coefficient (Wildman–Crippen LogP) is 1.04. The average molecular weight is 347 g/mol. The van der Waals surface area contributed by atoms with E-state index in [1.165, 1.54) is 11.0 Å². The molecular weight excluding hydrogens is 318 g/mol. The number of rotatable bonds is 4. The summed E-state index contributed by atoms with van der Waals surface area (Å²) in [5.41, 5.74) is 0.759. The van der Waals surface area contributed by atoms with Gasteiger partial charge in [0, 0.05) is 37.4 Å². The van der Waals surface area contributed by atoms with Gasteiger partial charge in [0.1, 0.15) is 6.54 Å². The number of likely N-dealkylation sites (tertiary alicyclic amines) is 1. The number of hydrogen-bond acceptors (Lipinski definition) is 4. The van der Waals surface area contributed by atoms with Crippen LogP contribution < -0.4 is 10.9 Å². The Hall–Kier alpha value is -1.66. The Kier molecular flexibility index (Phi) is 5.91. The van der Waals surface area contributed by atoms with Crippen LogP contribution in [0.15, 0.2) is 23.1 Å². The molecule has 25 heavy (non-hydrogen) atoms. The highest BCUT2D eigenvalue weighted by Gasteiger charge is 2.31. The minimum absolute atomic E-state index is 0.0701. The Bertz CT molecular complexity index is 650.